The highest BCUT2D eigenvalue weighted by Crippen LogP contribution is 2.27. The topological polar surface area (TPSA) is 25.4 Å². The van der Waals surface area contributed by atoms with Gasteiger partial charge in [0.25, 0.3) is 0 Å². The minimum Gasteiger partial charge on any atom is -0.489 e. The van der Waals surface area contributed by atoms with Gasteiger partial charge in [0.15, 0.2) is 0 Å². The van der Waals surface area contributed by atoms with Gasteiger partial charge in [-0.25, -0.2) is 0 Å². The Morgan fingerprint density at radius 1 is 1.18 bits per heavy atom. The first-order valence-electron chi connectivity index (χ1n) is 8.22. The summed E-state index contributed by atoms with van der Waals surface area (Å²) in [5.41, 5.74) is 2.40. The second-order valence-electron chi connectivity index (χ2n) is 5.98. The Labute approximate surface area is 132 Å². The van der Waals surface area contributed by atoms with E-state index in [1.165, 1.54) is 18.4 Å². The number of para-hydroxylation sites is 1. The fourth-order valence-electron chi connectivity index (χ4n) is 2.98. The van der Waals surface area contributed by atoms with Gasteiger partial charge >= 0.3 is 0 Å². The Kier molecular flexibility index (Phi) is 5.07. The molecule has 22 heavy (non-hydrogen) atoms. The molecule has 0 unspecified atom stereocenters. The molecule has 1 aromatic heterocycles. The summed E-state index contributed by atoms with van der Waals surface area (Å²) < 4.78 is 6.26. The molecule has 1 atom stereocenters. The van der Waals surface area contributed by atoms with Crippen LogP contribution in [0.2, 0.25) is 0 Å². The molecule has 2 aromatic rings. The van der Waals surface area contributed by atoms with Crippen molar-refractivity contribution in [2.45, 2.75) is 45.4 Å². The van der Waals surface area contributed by atoms with E-state index in [1.54, 1.807) is 0 Å². The lowest BCUT2D eigenvalue weighted by Gasteiger charge is -2.23. The van der Waals surface area contributed by atoms with E-state index in [4.69, 9.17) is 4.74 Å². The Hall–Kier alpha value is -1.87. The zero-order chi connectivity index (χ0) is 15.2. The van der Waals surface area contributed by atoms with Crippen LogP contribution < -0.4 is 4.74 Å². The third kappa shape index (κ3) is 3.86. The van der Waals surface area contributed by atoms with Gasteiger partial charge in [-0.1, -0.05) is 37.6 Å². The minimum atomic E-state index is 0.271. The Morgan fingerprint density at radius 2 is 2.05 bits per heavy atom. The number of benzene rings is 1. The second-order valence-corrected chi connectivity index (χ2v) is 5.98. The van der Waals surface area contributed by atoms with Crippen molar-refractivity contribution in [1.82, 2.24) is 9.88 Å². The van der Waals surface area contributed by atoms with Gasteiger partial charge in [-0.15, -0.1) is 0 Å². The number of pyridine rings is 1. The molecule has 0 fully saturated rings. The van der Waals surface area contributed by atoms with E-state index >= 15 is 0 Å². The van der Waals surface area contributed by atoms with Gasteiger partial charge in [-0.2, -0.15) is 0 Å². The normalized spacial score (nSPS) is 18.3. The molecule has 0 aliphatic carbocycles. The molecule has 0 amide bonds. The summed E-state index contributed by atoms with van der Waals surface area (Å²) in [4.78, 5) is 6.92. The van der Waals surface area contributed by atoms with E-state index in [0.717, 1.165) is 37.5 Å². The molecule has 0 bridgehead atoms. The maximum atomic E-state index is 6.26. The molecule has 1 aliphatic rings. The number of aromatic nitrogens is 1. The van der Waals surface area contributed by atoms with E-state index in [-0.39, 0.29) is 6.10 Å². The quantitative estimate of drug-likeness (QED) is 0.833. The molecule has 3 nitrogen and oxygen atoms in total. The fraction of sp³-hybridized carbons (Fsp3) is 0.421. The average molecular weight is 296 g/mol. The van der Waals surface area contributed by atoms with Crippen LogP contribution in [0.15, 0.2) is 48.7 Å². The number of fused-ring (bicyclic) bond motifs is 1. The molecule has 0 spiro atoms. The summed E-state index contributed by atoms with van der Waals surface area (Å²) in [6.07, 6.45) is 5.68. The molecule has 0 N–H and O–H groups in total. The van der Waals surface area contributed by atoms with E-state index in [2.05, 4.69) is 53.2 Å². The van der Waals surface area contributed by atoms with Gasteiger partial charge in [0.05, 0.1) is 5.69 Å². The minimum absolute atomic E-state index is 0.271. The average Bonchev–Trinajstić information content (AvgIpc) is 2.72. The number of unbranched alkanes of at least 4 members (excludes halogenated alkanes) is 1. The van der Waals surface area contributed by atoms with Crippen LogP contribution in [-0.2, 0) is 13.1 Å². The van der Waals surface area contributed by atoms with Crippen LogP contribution in [0.25, 0.3) is 0 Å². The van der Waals surface area contributed by atoms with Gasteiger partial charge in [0.1, 0.15) is 11.9 Å². The largest absolute Gasteiger partial charge is 0.489 e. The Morgan fingerprint density at radius 3 is 2.86 bits per heavy atom. The van der Waals surface area contributed by atoms with Gasteiger partial charge in [-0.05, 0) is 31.0 Å². The number of hydrogen-bond donors (Lipinski definition) is 0. The highest BCUT2D eigenvalue weighted by Gasteiger charge is 2.22. The van der Waals surface area contributed by atoms with Crippen LogP contribution in [0.3, 0.4) is 0 Å². The molecule has 0 saturated carbocycles. The van der Waals surface area contributed by atoms with Crippen molar-refractivity contribution in [3.8, 4) is 5.75 Å². The standard InChI is InChI=1S/C19H24N2O/c1-2-3-10-18-15-21(14-17-9-6-7-12-20-17)13-16-8-4-5-11-19(16)22-18/h4-9,11-12,18H,2-3,10,13-15H2,1H3/t18-/m0/s1. The summed E-state index contributed by atoms with van der Waals surface area (Å²) in [6, 6.07) is 14.5. The summed E-state index contributed by atoms with van der Waals surface area (Å²) >= 11 is 0. The fourth-order valence-corrected chi connectivity index (χ4v) is 2.98. The van der Waals surface area contributed by atoms with Crippen molar-refractivity contribution in [1.29, 1.82) is 0 Å². The molecular formula is C19H24N2O. The maximum absolute atomic E-state index is 6.26. The first kappa shape index (κ1) is 15.0. The molecule has 1 aromatic carbocycles. The number of nitrogens with zero attached hydrogens (tertiary/aromatic N) is 2. The zero-order valence-electron chi connectivity index (χ0n) is 13.2. The van der Waals surface area contributed by atoms with Crippen molar-refractivity contribution in [3.05, 3.63) is 59.9 Å². The molecular weight excluding hydrogens is 272 g/mol. The summed E-state index contributed by atoms with van der Waals surface area (Å²) in [5.74, 6) is 1.05. The molecule has 116 valence electrons. The van der Waals surface area contributed by atoms with Crippen LogP contribution in [0, 0.1) is 0 Å². The summed E-state index contributed by atoms with van der Waals surface area (Å²) in [5, 5.41) is 0. The smallest absolute Gasteiger partial charge is 0.124 e. The van der Waals surface area contributed by atoms with E-state index in [9.17, 15) is 0 Å². The van der Waals surface area contributed by atoms with Gasteiger partial charge < -0.3 is 4.74 Å². The lowest BCUT2D eigenvalue weighted by Crippen LogP contribution is -2.32. The SMILES string of the molecule is CCCC[C@H]1CN(Cc2ccccn2)Cc2ccccc2O1. The lowest BCUT2D eigenvalue weighted by atomic mass is 10.1. The van der Waals surface area contributed by atoms with Crippen LogP contribution in [0.4, 0.5) is 0 Å². The predicted molar refractivity (Wildman–Crippen MR) is 88.7 cm³/mol. The van der Waals surface area contributed by atoms with Crippen molar-refractivity contribution >= 4 is 0 Å². The highest BCUT2D eigenvalue weighted by atomic mass is 16.5. The Bertz CT molecular complexity index is 585. The van der Waals surface area contributed by atoms with Crippen molar-refractivity contribution in [3.63, 3.8) is 0 Å². The first-order valence-corrected chi connectivity index (χ1v) is 8.22. The molecule has 3 heteroatoms. The Balaban J connectivity index is 1.77. The number of ether oxygens (including phenoxy) is 1. The lowest BCUT2D eigenvalue weighted by molar-refractivity contribution is 0.132. The zero-order valence-corrected chi connectivity index (χ0v) is 13.2. The van der Waals surface area contributed by atoms with E-state index in [0.29, 0.717) is 0 Å². The third-order valence-corrected chi connectivity index (χ3v) is 4.11. The summed E-state index contributed by atoms with van der Waals surface area (Å²) in [6.45, 7) is 5.00. The van der Waals surface area contributed by atoms with Crippen molar-refractivity contribution < 1.29 is 4.74 Å². The summed E-state index contributed by atoms with van der Waals surface area (Å²) in [7, 11) is 0. The second kappa shape index (κ2) is 7.41. The number of rotatable bonds is 5. The molecule has 3 rings (SSSR count). The van der Waals surface area contributed by atoms with Crippen molar-refractivity contribution in [2.75, 3.05) is 6.54 Å². The molecule has 2 heterocycles. The van der Waals surface area contributed by atoms with E-state index < -0.39 is 0 Å². The first-order chi connectivity index (χ1) is 10.8. The van der Waals surface area contributed by atoms with Gasteiger partial charge in [-0.3, -0.25) is 9.88 Å². The van der Waals surface area contributed by atoms with Gasteiger partial charge in [0.2, 0.25) is 0 Å². The molecule has 1 aliphatic heterocycles. The van der Waals surface area contributed by atoms with Crippen LogP contribution in [-0.4, -0.2) is 22.5 Å². The van der Waals surface area contributed by atoms with Gasteiger partial charge in [0, 0.05) is 31.4 Å². The van der Waals surface area contributed by atoms with Crippen LogP contribution >= 0.6 is 0 Å². The molecule has 0 saturated heterocycles. The number of hydrogen-bond acceptors (Lipinski definition) is 3. The maximum Gasteiger partial charge on any atom is 0.124 e. The monoisotopic (exact) mass is 296 g/mol. The van der Waals surface area contributed by atoms with E-state index in [1.807, 2.05) is 12.3 Å². The highest BCUT2D eigenvalue weighted by molar-refractivity contribution is 5.34. The molecule has 0 radical (unpaired) electrons. The van der Waals surface area contributed by atoms with Crippen LogP contribution in [0.5, 0.6) is 5.75 Å². The predicted octanol–water partition coefficient (Wildman–Crippen LogP) is 4.04. The third-order valence-electron chi connectivity index (χ3n) is 4.11. The van der Waals surface area contributed by atoms with Crippen molar-refractivity contribution in [2.24, 2.45) is 0 Å². The van der Waals surface area contributed by atoms with Crippen LogP contribution in [0.1, 0.15) is 37.4 Å².